The molecule has 0 saturated carbocycles. The van der Waals surface area contributed by atoms with Gasteiger partial charge >= 0.3 is 0 Å². The van der Waals surface area contributed by atoms with Crippen molar-refractivity contribution in [1.82, 2.24) is 0 Å². The first-order valence-corrected chi connectivity index (χ1v) is 7.64. The Morgan fingerprint density at radius 2 is 1.89 bits per heavy atom. The summed E-state index contributed by atoms with van der Waals surface area (Å²) in [4.78, 5) is 0.385. The van der Waals surface area contributed by atoms with E-state index in [2.05, 4.69) is 43.2 Å². The molecule has 3 N–H and O–H groups in total. The second-order valence-electron chi connectivity index (χ2n) is 4.00. The summed E-state index contributed by atoms with van der Waals surface area (Å²) in [6.07, 6.45) is 0. The van der Waals surface area contributed by atoms with Gasteiger partial charge in [-0.15, -0.1) is 0 Å². The predicted molar refractivity (Wildman–Crippen MR) is 91.5 cm³/mol. The van der Waals surface area contributed by atoms with Crippen molar-refractivity contribution in [2.75, 3.05) is 5.32 Å². The summed E-state index contributed by atoms with van der Waals surface area (Å²) in [5.41, 5.74) is 8.70. The Morgan fingerprint density at radius 3 is 2.58 bits per heavy atom. The molecule has 0 aliphatic rings. The Bertz CT molecular complexity index is 614. The molecule has 0 atom stereocenters. The van der Waals surface area contributed by atoms with Gasteiger partial charge < -0.3 is 11.1 Å². The van der Waals surface area contributed by atoms with Gasteiger partial charge in [0.15, 0.2) is 0 Å². The molecule has 0 fully saturated rings. The Morgan fingerprint density at radius 1 is 1.16 bits per heavy atom. The largest absolute Gasteiger partial charge is 0.389 e. The number of benzene rings is 2. The van der Waals surface area contributed by atoms with Gasteiger partial charge in [0.05, 0.1) is 0 Å². The number of nitrogens with two attached hydrogens (primary N) is 1. The molecule has 0 bridgehead atoms. The van der Waals surface area contributed by atoms with E-state index in [4.69, 9.17) is 18.0 Å². The van der Waals surface area contributed by atoms with Crippen LogP contribution >= 0.6 is 44.1 Å². The van der Waals surface area contributed by atoms with E-state index in [0.717, 1.165) is 20.2 Å². The molecule has 0 aliphatic carbocycles. The van der Waals surface area contributed by atoms with E-state index in [9.17, 15) is 0 Å². The SMILES string of the molecule is NC(=S)c1cc(Br)ccc1NCc1ccccc1Br. The topological polar surface area (TPSA) is 38.0 Å². The second kappa shape index (κ2) is 6.50. The van der Waals surface area contributed by atoms with E-state index >= 15 is 0 Å². The van der Waals surface area contributed by atoms with E-state index in [1.54, 1.807) is 0 Å². The maximum Gasteiger partial charge on any atom is 0.106 e. The average Bonchev–Trinajstić information content (AvgIpc) is 2.38. The first kappa shape index (κ1) is 14.5. The fraction of sp³-hybridized carbons (Fsp3) is 0.0714. The zero-order chi connectivity index (χ0) is 13.8. The molecule has 5 heteroatoms. The number of thiocarbonyl (C=S) groups is 1. The first-order valence-electron chi connectivity index (χ1n) is 5.64. The van der Waals surface area contributed by atoms with Crippen LogP contribution in [-0.4, -0.2) is 4.99 Å². The van der Waals surface area contributed by atoms with Gasteiger partial charge in [-0.05, 0) is 29.8 Å². The molecule has 19 heavy (non-hydrogen) atoms. The van der Waals surface area contributed by atoms with Crippen LogP contribution in [0.25, 0.3) is 0 Å². The summed E-state index contributed by atoms with van der Waals surface area (Å²) in [5.74, 6) is 0. The lowest BCUT2D eigenvalue weighted by atomic mass is 10.1. The molecule has 98 valence electrons. The molecule has 0 aliphatic heterocycles. The van der Waals surface area contributed by atoms with Gasteiger partial charge in [0.2, 0.25) is 0 Å². The zero-order valence-electron chi connectivity index (χ0n) is 9.99. The van der Waals surface area contributed by atoms with Crippen molar-refractivity contribution in [2.45, 2.75) is 6.54 Å². The first-order chi connectivity index (χ1) is 9.08. The second-order valence-corrected chi connectivity index (χ2v) is 6.21. The molecule has 2 aromatic carbocycles. The average molecular weight is 400 g/mol. The highest BCUT2D eigenvalue weighted by atomic mass is 79.9. The Labute approximate surface area is 134 Å². The van der Waals surface area contributed by atoms with Gasteiger partial charge in [-0.3, -0.25) is 0 Å². The fourth-order valence-electron chi connectivity index (χ4n) is 1.71. The molecule has 0 aromatic heterocycles. The molecule has 0 saturated heterocycles. The molecule has 0 unspecified atom stereocenters. The molecule has 2 rings (SSSR count). The number of anilines is 1. The monoisotopic (exact) mass is 398 g/mol. The summed E-state index contributed by atoms with van der Waals surface area (Å²) < 4.78 is 2.04. The number of hydrogen-bond acceptors (Lipinski definition) is 2. The summed E-state index contributed by atoms with van der Waals surface area (Å²) in [5, 5.41) is 3.36. The molecule has 2 aromatic rings. The number of nitrogens with one attached hydrogen (secondary N) is 1. The molecular weight excluding hydrogens is 388 g/mol. The normalized spacial score (nSPS) is 10.2. The van der Waals surface area contributed by atoms with Crippen LogP contribution < -0.4 is 11.1 Å². The van der Waals surface area contributed by atoms with Crippen LogP contribution in [-0.2, 0) is 6.54 Å². The number of rotatable bonds is 4. The summed E-state index contributed by atoms with van der Waals surface area (Å²) in [7, 11) is 0. The van der Waals surface area contributed by atoms with Crippen LogP contribution in [0.2, 0.25) is 0 Å². The predicted octanol–water partition coefficient (Wildman–Crippen LogP) is 4.46. The minimum Gasteiger partial charge on any atom is -0.389 e. The third-order valence-corrected chi connectivity index (χ3v) is 4.16. The number of hydrogen-bond donors (Lipinski definition) is 2. The molecule has 0 heterocycles. The zero-order valence-corrected chi connectivity index (χ0v) is 14.0. The number of halogens is 2. The van der Waals surface area contributed by atoms with Gasteiger partial charge in [-0.25, -0.2) is 0 Å². The van der Waals surface area contributed by atoms with Crippen LogP contribution in [0, 0.1) is 0 Å². The van der Waals surface area contributed by atoms with Gasteiger partial charge in [0, 0.05) is 26.7 Å². The van der Waals surface area contributed by atoms with Crippen molar-refractivity contribution in [1.29, 1.82) is 0 Å². The summed E-state index contributed by atoms with van der Waals surface area (Å²) in [6, 6.07) is 13.9. The third kappa shape index (κ3) is 3.78. The quantitative estimate of drug-likeness (QED) is 0.745. The molecular formula is C14H12Br2N2S. The Hall–Kier alpha value is -0.910. The Kier molecular flexibility index (Phi) is 4.96. The van der Waals surface area contributed by atoms with E-state index in [0.29, 0.717) is 11.5 Å². The van der Waals surface area contributed by atoms with Gasteiger partial charge in [0.25, 0.3) is 0 Å². The van der Waals surface area contributed by atoms with E-state index in [-0.39, 0.29) is 0 Å². The highest BCUT2D eigenvalue weighted by Gasteiger charge is 2.06. The van der Waals surface area contributed by atoms with Crippen molar-refractivity contribution >= 4 is 54.8 Å². The van der Waals surface area contributed by atoms with Crippen LogP contribution in [0.15, 0.2) is 51.4 Å². The lowest BCUT2D eigenvalue weighted by molar-refractivity contribution is 1.13. The highest BCUT2D eigenvalue weighted by Crippen LogP contribution is 2.23. The molecule has 0 spiro atoms. The van der Waals surface area contributed by atoms with Crippen LogP contribution in [0.1, 0.15) is 11.1 Å². The van der Waals surface area contributed by atoms with Crippen LogP contribution in [0.3, 0.4) is 0 Å². The van der Waals surface area contributed by atoms with Crippen molar-refractivity contribution in [3.8, 4) is 0 Å². The standard InChI is InChI=1S/C14H12Br2N2S/c15-10-5-6-13(11(7-10)14(17)19)18-8-9-3-1-2-4-12(9)16/h1-7,18H,8H2,(H2,17,19). The Balaban J connectivity index is 2.20. The smallest absolute Gasteiger partial charge is 0.106 e. The third-order valence-electron chi connectivity index (χ3n) is 2.67. The lowest BCUT2D eigenvalue weighted by Gasteiger charge is -2.12. The molecule has 0 amide bonds. The molecule has 0 radical (unpaired) electrons. The van der Waals surface area contributed by atoms with Crippen molar-refractivity contribution in [3.05, 3.63) is 62.5 Å². The van der Waals surface area contributed by atoms with Crippen LogP contribution in [0.4, 0.5) is 5.69 Å². The van der Waals surface area contributed by atoms with Gasteiger partial charge in [-0.1, -0.05) is 62.3 Å². The van der Waals surface area contributed by atoms with Gasteiger partial charge in [-0.2, -0.15) is 0 Å². The van der Waals surface area contributed by atoms with E-state index in [1.165, 1.54) is 5.56 Å². The van der Waals surface area contributed by atoms with Crippen molar-refractivity contribution < 1.29 is 0 Å². The maximum absolute atomic E-state index is 5.74. The highest BCUT2D eigenvalue weighted by molar-refractivity contribution is 9.10. The minimum atomic E-state index is 0.385. The van der Waals surface area contributed by atoms with Gasteiger partial charge in [0.1, 0.15) is 4.99 Å². The minimum absolute atomic E-state index is 0.385. The van der Waals surface area contributed by atoms with E-state index < -0.39 is 0 Å². The van der Waals surface area contributed by atoms with Crippen molar-refractivity contribution in [3.63, 3.8) is 0 Å². The summed E-state index contributed by atoms with van der Waals surface area (Å²) >= 11 is 12.0. The lowest BCUT2D eigenvalue weighted by Crippen LogP contribution is -2.13. The fourth-order valence-corrected chi connectivity index (χ4v) is 2.66. The summed E-state index contributed by atoms with van der Waals surface area (Å²) in [6.45, 7) is 0.707. The maximum atomic E-state index is 5.74. The van der Waals surface area contributed by atoms with Crippen molar-refractivity contribution in [2.24, 2.45) is 5.73 Å². The van der Waals surface area contributed by atoms with Crippen LogP contribution in [0.5, 0.6) is 0 Å². The molecule has 2 nitrogen and oxygen atoms in total. The van der Waals surface area contributed by atoms with E-state index in [1.807, 2.05) is 36.4 Å².